The van der Waals surface area contributed by atoms with E-state index in [2.05, 4.69) is 5.10 Å². The van der Waals surface area contributed by atoms with Crippen LogP contribution in [0.3, 0.4) is 0 Å². The second-order valence-electron chi connectivity index (χ2n) is 3.35. The molecule has 0 aromatic carbocycles. The highest BCUT2D eigenvalue weighted by Crippen LogP contribution is 2.09. The molecule has 7 nitrogen and oxygen atoms in total. The minimum Gasteiger partial charge on any atom is -0.353 e. The van der Waals surface area contributed by atoms with E-state index in [1.807, 2.05) is 13.8 Å². The van der Waals surface area contributed by atoms with Crippen molar-refractivity contribution in [2.75, 3.05) is 13.2 Å². The lowest BCUT2D eigenvalue weighted by atomic mass is 10.4. The molecule has 0 spiro atoms. The molecule has 0 aliphatic heterocycles. The van der Waals surface area contributed by atoms with Gasteiger partial charge in [-0.25, -0.2) is 0 Å². The Morgan fingerprint density at radius 2 is 2.12 bits per heavy atom. The first-order valence-corrected chi connectivity index (χ1v) is 5.57. The number of hydrogen-bond acceptors (Lipinski definition) is 5. The molecule has 0 saturated heterocycles. The zero-order chi connectivity index (χ0) is 12.7. The lowest BCUT2D eigenvalue weighted by Crippen LogP contribution is -2.19. The van der Waals surface area contributed by atoms with Gasteiger partial charge in [-0.1, -0.05) is 0 Å². The van der Waals surface area contributed by atoms with Crippen molar-refractivity contribution < 1.29 is 14.4 Å². The fraction of sp³-hybridized carbons (Fsp3) is 0.700. The second kappa shape index (κ2) is 6.97. The Balaban J connectivity index is 2.44. The van der Waals surface area contributed by atoms with Crippen LogP contribution in [0.25, 0.3) is 0 Å². The van der Waals surface area contributed by atoms with Crippen LogP contribution in [0.4, 0.5) is 5.69 Å². The Labute approximate surface area is 99.5 Å². The van der Waals surface area contributed by atoms with Crippen LogP contribution in [-0.4, -0.2) is 34.2 Å². The van der Waals surface area contributed by atoms with E-state index in [0.29, 0.717) is 26.2 Å². The molecule has 0 radical (unpaired) electrons. The molecule has 0 aliphatic carbocycles. The summed E-state index contributed by atoms with van der Waals surface area (Å²) in [7, 11) is 0. The minimum atomic E-state index is -0.466. The zero-order valence-corrected chi connectivity index (χ0v) is 10.0. The fourth-order valence-electron chi connectivity index (χ4n) is 1.39. The van der Waals surface area contributed by atoms with Crippen LogP contribution in [0.5, 0.6) is 0 Å². The number of nitrogens with zero attached hydrogens (tertiary/aromatic N) is 3. The molecule has 0 saturated carbocycles. The summed E-state index contributed by atoms with van der Waals surface area (Å²) in [6, 6.07) is 0. The molecule has 0 amide bonds. The third-order valence-corrected chi connectivity index (χ3v) is 2.13. The standard InChI is InChI=1S/C10H17N3O4/c1-3-16-10(17-4-2)5-6-12-8-9(7-11-12)13(14)15/h7-8,10H,3-6H2,1-2H3. The van der Waals surface area contributed by atoms with E-state index in [4.69, 9.17) is 9.47 Å². The van der Waals surface area contributed by atoms with Gasteiger partial charge >= 0.3 is 5.69 Å². The van der Waals surface area contributed by atoms with Crippen molar-refractivity contribution in [3.05, 3.63) is 22.5 Å². The maximum Gasteiger partial charge on any atom is 0.306 e. The van der Waals surface area contributed by atoms with E-state index < -0.39 is 4.92 Å². The summed E-state index contributed by atoms with van der Waals surface area (Å²) >= 11 is 0. The molecule has 1 aromatic heterocycles. The highest BCUT2D eigenvalue weighted by Gasteiger charge is 2.11. The van der Waals surface area contributed by atoms with Gasteiger partial charge in [0.1, 0.15) is 12.4 Å². The second-order valence-corrected chi connectivity index (χ2v) is 3.35. The van der Waals surface area contributed by atoms with Crippen LogP contribution in [0, 0.1) is 10.1 Å². The Hall–Kier alpha value is -1.47. The lowest BCUT2D eigenvalue weighted by molar-refractivity contribution is -0.385. The van der Waals surface area contributed by atoms with Crippen LogP contribution in [0.1, 0.15) is 20.3 Å². The topological polar surface area (TPSA) is 79.4 Å². The Morgan fingerprint density at radius 1 is 1.47 bits per heavy atom. The van der Waals surface area contributed by atoms with Crippen LogP contribution < -0.4 is 0 Å². The Kier molecular flexibility index (Phi) is 5.58. The van der Waals surface area contributed by atoms with E-state index in [1.165, 1.54) is 17.1 Å². The highest BCUT2D eigenvalue weighted by atomic mass is 16.7. The number of nitro groups is 1. The van der Waals surface area contributed by atoms with Crippen molar-refractivity contribution in [3.63, 3.8) is 0 Å². The average Bonchev–Trinajstić information content (AvgIpc) is 2.75. The Morgan fingerprint density at radius 3 is 2.59 bits per heavy atom. The lowest BCUT2D eigenvalue weighted by Gasteiger charge is -2.16. The Bertz CT molecular complexity index is 347. The van der Waals surface area contributed by atoms with Crippen molar-refractivity contribution in [3.8, 4) is 0 Å². The summed E-state index contributed by atoms with van der Waals surface area (Å²) in [5.41, 5.74) is -0.00521. The third-order valence-electron chi connectivity index (χ3n) is 2.13. The largest absolute Gasteiger partial charge is 0.353 e. The van der Waals surface area contributed by atoms with Crippen LogP contribution >= 0.6 is 0 Å². The van der Waals surface area contributed by atoms with Crippen LogP contribution in [0.2, 0.25) is 0 Å². The predicted molar refractivity (Wildman–Crippen MR) is 60.5 cm³/mol. The SMILES string of the molecule is CCOC(CCn1cc([N+](=O)[O-])cn1)OCC. The minimum absolute atomic E-state index is 0.00521. The van der Waals surface area contributed by atoms with Gasteiger partial charge in [0.25, 0.3) is 0 Å². The van der Waals surface area contributed by atoms with Crippen molar-refractivity contribution >= 4 is 5.69 Å². The van der Waals surface area contributed by atoms with E-state index in [9.17, 15) is 10.1 Å². The molecule has 1 heterocycles. The summed E-state index contributed by atoms with van der Waals surface area (Å²) < 4.78 is 12.2. The van der Waals surface area contributed by atoms with Gasteiger partial charge in [0, 0.05) is 26.2 Å². The van der Waals surface area contributed by atoms with Gasteiger partial charge < -0.3 is 9.47 Å². The monoisotopic (exact) mass is 243 g/mol. The first-order valence-electron chi connectivity index (χ1n) is 5.57. The molecule has 7 heteroatoms. The van der Waals surface area contributed by atoms with E-state index in [1.54, 1.807) is 0 Å². The summed E-state index contributed by atoms with van der Waals surface area (Å²) in [4.78, 5) is 9.99. The van der Waals surface area contributed by atoms with Gasteiger partial charge in [0.05, 0.1) is 4.92 Å². The normalized spacial score (nSPS) is 11.0. The molecule has 0 bridgehead atoms. The molecule has 1 rings (SSSR count). The summed E-state index contributed by atoms with van der Waals surface area (Å²) in [5.74, 6) is 0. The van der Waals surface area contributed by atoms with Crippen molar-refractivity contribution in [1.82, 2.24) is 9.78 Å². The van der Waals surface area contributed by atoms with Crippen LogP contribution in [-0.2, 0) is 16.0 Å². The molecular weight excluding hydrogens is 226 g/mol. The van der Waals surface area contributed by atoms with Gasteiger partial charge in [-0.3, -0.25) is 14.8 Å². The molecule has 0 unspecified atom stereocenters. The number of rotatable bonds is 8. The number of hydrogen-bond donors (Lipinski definition) is 0. The van der Waals surface area contributed by atoms with E-state index in [-0.39, 0.29) is 12.0 Å². The molecule has 0 N–H and O–H groups in total. The maximum absolute atomic E-state index is 10.5. The number of aromatic nitrogens is 2. The molecule has 0 atom stereocenters. The van der Waals surface area contributed by atoms with Crippen LogP contribution in [0.15, 0.2) is 12.4 Å². The molecule has 96 valence electrons. The quantitative estimate of drug-likeness (QED) is 0.393. The molecule has 1 aromatic rings. The molecule has 0 fully saturated rings. The van der Waals surface area contributed by atoms with Gasteiger partial charge in [0.2, 0.25) is 0 Å². The molecular formula is C10H17N3O4. The number of aryl methyl sites for hydroxylation is 1. The number of ether oxygens (including phenoxy) is 2. The summed E-state index contributed by atoms with van der Waals surface area (Å²) in [6.45, 7) is 5.46. The maximum atomic E-state index is 10.5. The first-order chi connectivity index (χ1) is 8.17. The van der Waals surface area contributed by atoms with Crippen molar-refractivity contribution in [1.29, 1.82) is 0 Å². The van der Waals surface area contributed by atoms with Crippen molar-refractivity contribution in [2.24, 2.45) is 0 Å². The van der Waals surface area contributed by atoms with Crippen molar-refractivity contribution in [2.45, 2.75) is 33.1 Å². The van der Waals surface area contributed by atoms with Gasteiger partial charge in [-0.15, -0.1) is 0 Å². The highest BCUT2D eigenvalue weighted by molar-refractivity contribution is 5.20. The van der Waals surface area contributed by atoms with E-state index in [0.717, 1.165) is 0 Å². The predicted octanol–water partition coefficient (Wildman–Crippen LogP) is 1.58. The third kappa shape index (κ3) is 4.49. The molecule has 0 aliphatic rings. The first kappa shape index (κ1) is 13.6. The summed E-state index contributed by atoms with van der Waals surface area (Å²) in [5, 5.41) is 14.4. The summed E-state index contributed by atoms with van der Waals surface area (Å²) in [6.07, 6.45) is 2.96. The van der Waals surface area contributed by atoms with E-state index >= 15 is 0 Å². The zero-order valence-electron chi connectivity index (χ0n) is 10.0. The van der Waals surface area contributed by atoms with Gasteiger partial charge in [-0.05, 0) is 13.8 Å². The molecule has 17 heavy (non-hydrogen) atoms. The smallest absolute Gasteiger partial charge is 0.306 e. The van der Waals surface area contributed by atoms with Gasteiger partial charge in [-0.2, -0.15) is 5.10 Å². The average molecular weight is 243 g/mol. The van der Waals surface area contributed by atoms with Gasteiger partial charge in [0.15, 0.2) is 6.29 Å². The fourth-order valence-corrected chi connectivity index (χ4v) is 1.39.